The van der Waals surface area contributed by atoms with Gasteiger partial charge in [0.25, 0.3) is 0 Å². The first-order chi connectivity index (χ1) is 13.8. The highest BCUT2D eigenvalue weighted by atomic mass is 32.2. The molecule has 2 nitrogen and oxygen atoms in total. The number of thioether (sulfide) groups is 2. The van der Waals surface area contributed by atoms with E-state index >= 15 is 4.39 Å². The minimum Gasteiger partial charge on any atom is -0.282 e. The Morgan fingerprint density at radius 3 is 1.97 bits per heavy atom. The average molecular weight is 423 g/mol. The molecule has 0 heterocycles. The molecule has 0 saturated heterocycles. The standard InChI is InChI=1S/C24H19FO2S2/c1-14(2)23(26)28-17-11-9-16(10-12-17)22-19-8-6-5-7-18(19)21(13-20(22)25)29-24(27)15(3)4/h5-13H,1,3H2,2,4H3. The molecule has 0 aromatic heterocycles. The predicted molar refractivity (Wildman–Crippen MR) is 121 cm³/mol. The van der Waals surface area contributed by atoms with Gasteiger partial charge in [0.15, 0.2) is 0 Å². The molecule has 3 aromatic rings. The minimum atomic E-state index is -0.404. The van der Waals surface area contributed by atoms with Crippen molar-refractivity contribution >= 4 is 44.5 Å². The molecule has 0 N–H and O–H groups in total. The van der Waals surface area contributed by atoms with Crippen LogP contribution in [-0.2, 0) is 9.59 Å². The topological polar surface area (TPSA) is 34.1 Å². The molecule has 0 atom stereocenters. The summed E-state index contributed by atoms with van der Waals surface area (Å²) in [6.07, 6.45) is 0. The van der Waals surface area contributed by atoms with E-state index in [4.69, 9.17) is 0 Å². The van der Waals surface area contributed by atoms with Gasteiger partial charge in [-0.2, -0.15) is 0 Å². The second kappa shape index (κ2) is 8.80. The highest BCUT2D eigenvalue weighted by Gasteiger charge is 2.17. The molecule has 3 rings (SSSR count). The van der Waals surface area contributed by atoms with Crippen LogP contribution in [0.3, 0.4) is 0 Å². The quantitative estimate of drug-likeness (QED) is 0.326. The first-order valence-electron chi connectivity index (χ1n) is 8.85. The first kappa shape index (κ1) is 21.1. The lowest BCUT2D eigenvalue weighted by molar-refractivity contribution is -0.108. The van der Waals surface area contributed by atoms with Gasteiger partial charge in [0.1, 0.15) is 5.82 Å². The SMILES string of the molecule is C=C(C)C(=O)Sc1ccc(-c2c(F)cc(SC(=O)C(=C)C)c3ccccc23)cc1. The van der Waals surface area contributed by atoms with Crippen LogP contribution in [0, 0.1) is 5.82 Å². The monoisotopic (exact) mass is 422 g/mol. The predicted octanol–water partition coefficient (Wildman–Crippen LogP) is 7.04. The van der Waals surface area contributed by atoms with Crippen LogP contribution >= 0.6 is 23.5 Å². The highest BCUT2D eigenvalue weighted by Crippen LogP contribution is 2.38. The fourth-order valence-corrected chi connectivity index (χ4v) is 4.24. The summed E-state index contributed by atoms with van der Waals surface area (Å²) in [5.41, 5.74) is 2.07. The lowest BCUT2D eigenvalue weighted by Gasteiger charge is -2.13. The van der Waals surface area contributed by atoms with E-state index in [9.17, 15) is 9.59 Å². The third kappa shape index (κ3) is 4.69. The van der Waals surface area contributed by atoms with Crippen molar-refractivity contribution in [2.45, 2.75) is 23.6 Å². The van der Waals surface area contributed by atoms with Crippen LogP contribution in [-0.4, -0.2) is 10.2 Å². The summed E-state index contributed by atoms with van der Waals surface area (Å²) in [5, 5.41) is 1.24. The summed E-state index contributed by atoms with van der Waals surface area (Å²) >= 11 is 2.08. The molecule has 0 aliphatic carbocycles. The molecule has 0 spiro atoms. The van der Waals surface area contributed by atoms with E-state index in [0.717, 1.165) is 39.2 Å². The molecular formula is C24H19FO2S2. The summed E-state index contributed by atoms with van der Waals surface area (Å²) in [7, 11) is 0. The van der Waals surface area contributed by atoms with Gasteiger partial charge in [-0.1, -0.05) is 49.6 Å². The van der Waals surface area contributed by atoms with Gasteiger partial charge in [-0.05, 0) is 83.1 Å². The van der Waals surface area contributed by atoms with Crippen molar-refractivity contribution in [3.8, 4) is 11.1 Å². The second-order valence-electron chi connectivity index (χ2n) is 6.64. The molecule has 0 unspecified atom stereocenters. The third-order valence-corrected chi connectivity index (χ3v) is 6.34. The Morgan fingerprint density at radius 1 is 0.828 bits per heavy atom. The zero-order chi connectivity index (χ0) is 21.1. The van der Waals surface area contributed by atoms with E-state index in [1.165, 1.54) is 6.07 Å². The number of halogens is 1. The average Bonchev–Trinajstić information content (AvgIpc) is 2.69. The Morgan fingerprint density at radius 2 is 1.38 bits per heavy atom. The van der Waals surface area contributed by atoms with Crippen LogP contribution in [0.15, 0.2) is 88.7 Å². The summed E-state index contributed by atoms with van der Waals surface area (Å²) in [5.74, 6) is -0.404. The Labute approximate surface area is 177 Å². The van der Waals surface area contributed by atoms with Gasteiger partial charge >= 0.3 is 0 Å². The lowest BCUT2D eigenvalue weighted by atomic mass is 9.97. The maximum atomic E-state index is 15.1. The van der Waals surface area contributed by atoms with Gasteiger partial charge in [-0.3, -0.25) is 9.59 Å². The fraction of sp³-hybridized carbons (Fsp3) is 0.0833. The largest absolute Gasteiger partial charge is 0.282 e. The molecular weight excluding hydrogens is 403 g/mol. The third-order valence-electron chi connectivity index (χ3n) is 4.21. The molecule has 0 amide bonds. The van der Waals surface area contributed by atoms with Crippen molar-refractivity contribution in [1.29, 1.82) is 0 Å². The van der Waals surface area contributed by atoms with Gasteiger partial charge in [0.05, 0.1) is 0 Å². The maximum absolute atomic E-state index is 15.1. The van der Waals surface area contributed by atoms with Crippen molar-refractivity contribution < 1.29 is 14.0 Å². The fourth-order valence-electron chi connectivity index (χ4n) is 2.76. The van der Waals surface area contributed by atoms with E-state index in [0.29, 0.717) is 27.2 Å². The Balaban J connectivity index is 2.05. The molecule has 0 saturated carbocycles. The van der Waals surface area contributed by atoms with E-state index < -0.39 is 5.82 Å². The second-order valence-corrected chi connectivity index (χ2v) is 8.70. The van der Waals surface area contributed by atoms with Gasteiger partial charge < -0.3 is 0 Å². The van der Waals surface area contributed by atoms with E-state index in [1.807, 2.05) is 24.3 Å². The molecule has 0 aliphatic rings. The Bertz CT molecular complexity index is 1150. The van der Waals surface area contributed by atoms with Crippen LogP contribution in [0.2, 0.25) is 0 Å². The van der Waals surface area contributed by atoms with Crippen LogP contribution in [0.1, 0.15) is 13.8 Å². The summed E-state index contributed by atoms with van der Waals surface area (Å²) < 4.78 is 15.1. The van der Waals surface area contributed by atoms with Crippen molar-refractivity contribution in [2.24, 2.45) is 0 Å². The summed E-state index contributed by atoms with van der Waals surface area (Å²) in [6, 6.07) is 16.0. The molecule has 0 radical (unpaired) electrons. The molecule has 0 fully saturated rings. The molecule has 146 valence electrons. The molecule has 3 aromatic carbocycles. The first-order valence-corrected chi connectivity index (χ1v) is 10.5. The summed E-state index contributed by atoms with van der Waals surface area (Å²) in [4.78, 5) is 25.3. The van der Waals surface area contributed by atoms with Gasteiger partial charge in [0.2, 0.25) is 10.2 Å². The Hall–Kier alpha value is -2.63. The van der Waals surface area contributed by atoms with Gasteiger partial charge in [-0.25, -0.2) is 4.39 Å². The number of carbonyl (C=O) groups is 2. The molecule has 0 aliphatic heterocycles. The number of hydrogen-bond acceptors (Lipinski definition) is 4. The zero-order valence-electron chi connectivity index (χ0n) is 16.1. The van der Waals surface area contributed by atoms with Crippen molar-refractivity contribution in [1.82, 2.24) is 0 Å². The van der Waals surface area contributed by atoms with Crippen molar-refractivity contribution in [3.05, 3.63) is 84.7 Å². The highest BCUT2D eigenvalue weighted by molar-refractivity contribution is 8.14. The number of benzene rings is 3. The smallest absolute Gasteiger partial charge is 0.219 e. The van der Waals surface area contributed by atoms with E-state index in [2.05, 4.69) is 13.2 Å². The number of hydrogen-bond donors (Lipinski definition) is 0. The molecule has 5 heteroatoms. The number of fused-ring (bicyclic) bond motifs is 1. The zero-order valence-corrected chi connectivity index (χ0v) is 17.8. The van der Waals surface area contributed by atoms with Crippen LogP contribution in [0.25, 0.3) is 21.9 Å². The van der Waals surface area contributed by atoms with E-state index in [-0.39, 0.29) is 10.2 Å². The van der Waals surface area contributed by atoms with Crippen LogP contribution < -0.4 is 0 Å². The summed E-state index contributed by atoms with van der Waals surface area (Å²) in [6.45, 7) is 10.6. The van der Waals surface area contributed by atoms with Gasteiger partial charge in [0, 0.05) is 15.4 Å². The normalized spacial score (nSPS) is 10.7. The Kier molecular flexibility index (Phi) is 6.40. The molecule has 0 bridgehead atoms. The number of carbonyl (C=O) groups excluding carboxylic acids is 2. The minimum absolute atomic E-state index is 0.0991. The van der Waals surface area contributed by atoms with Crippen LogP contribution in [0.4, 0.5) is 4.39 Å². The van der Waals surface area contributed by atoms with Gasteiger partial charge in [-0.15, -0.1) is 0 Å². The van der Waals surface area contributed by atoms with E-state index in [1.54, 1.807) is 38.1 Å². The van der Waals surface area contributed by atoms with Crippen molar-refractivity contribution in [2.75, 3.05) is 0 Å². The van der Waals surface area contributed by atoms with Crippen molar-refractivity contribution in [3.63, 3.8) is 0 Å². The lowest BCUT2D eigenvalue weighted by Crippen LogP contribution is -1.95. The number of rotatable bonds is 5. The maximum Gasteiger partial charge on any atom is 0.219 e. The van der Waals surface area contributed by atoms with Crippen LogP contribution in [0.5, 0.6) is 0 Å². The molecule has 29 heavy (non-hydrogen) atoms.